The fourth-order valence-corrected chi connectivity index (χ4v) is 4.67. The summed E-state index contributed by atoms with van der Waals surface area (Å²) in [6.07, 6.45) is 6.53. The van der Waals surface area contributed by atoms with Crippen molar-refractivity contribution >= 4 is 22.8 Å². The van der Waals surface area contributed by atoms with Gasteiger partial charge in [0.15, 0.2) is 18.2 Å². The third-order valence-electron chi connectivity index (χ3n) is 6.55. The predicted octanol–water partition coefficient (Wildman–Crippen LogP) is 1.33. The van der Waals surface area contributed by atoms with Gasteiger partial charge in [0, 0.05) is 18.6 Å². The summed E-state index contributed by atoms with van der Waals surface area (Å²) in [4.78, 5) is 36.7. The summed E-state index contributed by atoms with van der Waals surface area (Å²) in [5.41, 5.74) is 7.25. The monoisotopic (exact) mass is 467 g/mol. The highest BCUT2D eigenvalue weighted by atomic mass is 19.1. The Morgan fingerprint density at radius 3 is 2.85 bits per heavy atom. The molecule has 1 fully saturated rings. The summed E-state index contributed by atoms with van der Waals surface area (Å²) in [6.45, 7) is 0.775. The van der Waals surface area contributed by atoms with Gasteiger partial charge in [-0.3, -0.25) is 9.59 Å². The smallest absolute Gasteiger partial charge is 0.269 e. The average Bonchev–Trinajstić information content (AvgIpc) is 2.84. The standard InChI is InChI=1S/C23H26FN7O3/c24-14-3-6-17-18(7-14)31(22(33)10-27-17)11-16(25)13-1-4-15(5-2-13)26-9-20-28-8-19-23(29-20)30-21(32)12-34-19/h3,6-8,10,13,15-16,26H,1-2,4-5,9,11-12,25H2,(H,28,29,30,32)/t13-,15-,16-/m1/s1. The molecule has 1 aliphatic heterocycles. The molecule has 34 heavy (non-hydrogen) atoms. The van der Waals surface area contributed by atoms with Crippen LogP contribution in [-0.2, 0) is 17.9 Å². The minimum Gasteiger partial charge on any atom is -0.478 e. The van der Waals surface area contributed by atoms with Crippen LogP contribution in [0.1, 0.15) is 31.5 Å². The lowest BCUT2D eigenvalue weighted by molar-refractivity contribution is -0.118. The van der Waals surface area contributed by atoms with Crippen LogP contribution in [0.5, 0.6) is 5.75 Å². The Bertz CT molecular complexity index is 1270. The third-order valence-corrected chi connectivity index (χ3v) is 6.55. The van der Waals surface area contributed by atoms with Crippen molar-refractivity contribution < 1.29 is 13.9 Å². The molecule has 178 valence electrons. The zero-order valence-corrected chi connectivity index (χ0v) is 18.5. The first-order valence-electron chi connectivity index (χ1n) is 11.4. The molecule has 5 rings (SSSR count). The van der Waals surface area contributed by atoms with Gasteiger partial charge in [0.2, 0.25) is 0 Å². The molecule has 0 spiro atoms. The molecule has 3 heterocycles. The molecule has 1 aliphatic carbocycles. The van der Waals surface area contributed by atoms with Gasteiger partial charge in [0.25, 0.3) is 11.5 Å². The molecule has 1 atom stereocenters. The van der Waals surface area contributed by atoms with Crippen LogP contribution in [0.25, 0.3) is 11.0 Å². The molecule has 2 aliphatic rings. The summed E-state index contributed by atoms with van der Waals surface area (Å²) in [7, 11) is 0. The number of nitrogens with two attached hydrogens (primary N) is 1. The normalized spacial score (nSPS) is 20.9. The first kappa shape index (κ1) is 22.4. The number of hydrogen-bond acceptors (Lipinski definition) is 8. The third kappa shape index (κ3) is 4.75. The maximum atomic E-state index is 13.8. The van der Waals surface area contributed by atoms with E-state index in [4.69, 9.17) is 10.5 Å². The van der Waals surface area contributed by atoms with Crippen molar-refractivity contribution in [3.63, 3.8) is 0 Å². The van der Waals surface area contributed by atoms with Crippen molar-refractivity contribution in [3.8, 4) is 5.75 Å². The molecule has 1 saturated carbocycles. The Morgan fingerprint density at radius 2 is 2.03 bits per heavy atom. The van der Waals surface area contributed by atoms with Gasteiger partial charge in [-0.2, -0.15) is 0 Å². The molecule has 0 radical (unpaired) electrons. The quantitative estimate of drug-likeness (QED) is 0.494. The first-order chi connectivity index (χ1) is 16.5. The SMILES string of the molecule is N[C@H](Cn1c(=O)cnc2ccc(F)cc21)[C@H]1CC[C@H](NCc2ncc3c(n2)NC(=O)CO3)CC1. The molecular formula is C23H26FN7O3. The van der Waals surface area contributed by atoms with Crippen LogP contribution in [0.3, 0.4) is 0 Å². The molecule has 1 amide bonds. The number of fused-ring (bicyclic) bond motifs is 2. The van der Waals surface area contributed by atoms with Crippen LogP contribution in [-0.4, -0.2) is 44.1 Å². The minimum absolute atomic E-state index is 0.0256. The van der Waals surface area contributed by atoms with Crippen molar-refractivity contribution in [1.82, 2.24) is 24.8 Å². The number of benzene rings is 1. The van der Waals surface area contributed by atoms with Gasteiger partial charge in [-0.05, 0) is 49.8 Å². The number of hydrogen-bond donors (Lipinski definition) is 3. The number of halogens is 1. The van der Waals surface area contributed by atoms with Crippen molar-refractivity contribution in [3.05, 3.63) is 52.6 Å². The second kappa shape index (κ2) is 9.43. The van der Waals surface area contributed by atoms with Crippen LogP contribution in [0, 0.1) is 11.7 Å². The highest BCUT2D eigenvalue weighted by Gasteiger charge is 2.27. The highest BCUT2D eigenvalue weighted by molar-refractivity contribution is 5.94. The lowest BCUT2D eigenvalue weighted by Gasteiger charge is -2.33. The molecule has 1 aromatic carbocycles. The van der Waals surface area contributed by atoms with Gasteiger partial charge in [-0.15, -0.1) is 0 Å². The highest BCUT2D eigenvalue weighted by Crippen LogP contribution is 2.28. The van der Waals surface area contributed by atoms with Crippen LogP contribution in [0.4, 0.5) is 10.2 Å². The van der Waals surface area contributed by atoms with E-state index in [1.165, 1.54) is 22.9 Å². The Balaban J connectivity index is 1.16. The van der Waals surface area contributed by atoms with E-state index < -0.39 is 5.82 Å². The second-order valence-corrected chi connectivity index (χ2v) is 8.83. The number of nitrogens with one attached hydrogen (secondary N) is 2. The summed E-state index contributed by atoms with van der Waals surface area (Å²) in [6, 6.07) is 4.30. The van der Waals surface area contributed by atoms with Crippen molar-refractivity contribution in [2.75, 3.05) is 11.9 Å². The number of rotatable bonds is 6. The summed E-state index contributed by atoms with van der Waals surface area (Å²) < 4.78 is 20.6. The fourth-order valence-electron chi connectivity index (χ4n) is 4.67. The predicted molar refractivity (Wildman–Crippen MR) is 123 cm³/mol. The Morgan fingerprint density at radius 1 is 1.21 bits per heavy atom. The zero-order valence-electron chi connectivity index (χ0n) is 18.5. The maximum Gasteiger partial charge on any atom is 0.269 e. The molecule has 2 aromatic heterocycles. The fraction of sp³-hybridized carbons (Fsp3) is 0.435. The summed E-state index contributed by atoms with van der Waals surface area (Å²) >= 11 is 0. The second-order valence-electron chi connectivity index (χ2n) is 8.83. The van der Waals surface area contributed by atoms with Gasteiger partial charge in [-0.1, -0.05) is 0 Å². The lowest BCUT2D eigenvalue weighted by atomic mass is 9.81. The number of carbonyl (C=O) groups excluding carboxylic acids is 1. The van der Waals surface area contributed by atoms with E-state index in [1.807, 2.05) is 0 Å². The molecule has 11 heteroatoms. The van der Waals surface area contributed by atoms with E-state index in [2.05, 4.69) is 25.6 Å². The number of carbonyl (C=O) groups is 1. The molecule has 4 N–H and O–H groups in total. The van der Waals surface area contributed by atoms with E-state index in [1.54, 1.807) is 12.3 Å². The topological polar surface area (TPSA) is 137 Å². The van der Waals surface area contributed by atoms with Crippen LogP contribution in [0.2, 0.25) is 0 Å². The van der Waals surface area contributed by atoms with E-state index in [0.29, 0.717) is 47.6 Å². The molecule has 0 unspecified atom stereocenters. The number of amides is 1. The van der Waals surface area contributed by atoms with Gasteiger partial charge in [-0.25, -0.2) is 19.3 Å². The molecule has 3 aromatic rings. The van der Waals surface area contributed by atoms with Crippen molar-refractivity contribution in [2.45, 2.75) is 50.9 Å². The largest absolute Gasteiger partial charge is 0.478 e. The summed E-state index contributed by atoms with van der Waals surface area (Å²) in [5.74, 6) is 1.07. The zero-order chi connectivity index (χ0) is 23.7. The summed E-state index contributed by atoms with van der Waals surface area (Å²) in [5, 5.41) is 6.17. The molecule has 0 saturated heterocycles. The molecule has 10 nitrogen and oxygen atoms in total. The number of ether oxygens (including phenoxy) is 1. The van der Waals surface area contributed by atoms with E-state index in [9.17, 15) is 14.0 Å². The van der Waals surface area contributed by atoms with E-state index in [0.717, 1.165) is 25.7 Å². The lowest BCUT2D eigenvalue weighted by Crippen LogP contribution is -2.42. The molecular weight excluding hydrogens is 441 g/mol. The maximum absolute atomic E-state index is 13.8. The Hall–Kier alpha value is -3.44. The number of nitrogens with zero attached hydrogens (tertiary/aromatic N) is 4. The van der Waals surface area contributed by atoms with Gasteiger partial charge < -0.3 is 25.7 Å². The average molecular weight is 468 g/mol. The number of aromatic nitrogens is 4. The van der Waals surface area contributed by atoms with Crippen molar-refractivity contribution in [2.24, 2.45) is 11.7 Å². The van der Waals surface area contributed by atoms with E-state index >= 15 is 0 Å². The molecule has 0 bridgehead atoms. The Kier molecular flexibility index (Phi) is 6.20. The van der Waals surface area contributed by atoms with Crippen LogP contribution < -0.4 is 26.7 Å². The minimum atomic E-state index is -0.411. The van der Waals surface area contributed by atoms with E-state index in [-0.39, 0.29) is 30.0 Å². The first-order valence-corrected chi connectivity index (χ1v) is 11.4. The van der Waals surface area contributed by atoms with Gasteiger partial charge in [0.1, 0.15) is 11.6 Å². The van der Waals surface area contributed by atoms with Crippen LogP contribution in [0.15, 0.2) is 35.4 Å². The van der Waals surface area contributed by atoms with Crippen molar-refractivity contribution in [1.29, 1.82) is 0 Å². The van der Waals surface area contributed by atoms with Crippen LogP contribution >= 0.6 is 0 Å². The number of anilines is 1. The van der Waals surface area contributed by atoms with Gasteiger partial charge >= 0.3 is 0 Å². The van der Waals surface area contributed by atoms with Gasteiger partial charge in [0.05, 0.1) is 30.0 Å². The Labute approximate surface area is 194 Å².